The summed E-state index contributed by atoms with van der Waals surface area (Å²) < 4.78 is 0. The van der Waals surface area contributed by atoms with Crippen LogP contribution in [-0.2, 0) is 19.2 Å². The van der Waals surface area contributed by atoms with E-state index in [1.807, 2.05) is 0 Å². The van der Waals surface area contributed by atoms with Crippen LogP contribution < -0.4 is 21.3 Å². The first-order valence-electron chi connectivity index (χ1n) is 12.8. The minimum atomic E-state index is -1.01. The minimum absolute atomic E-state index is 0.108. The first-order valence-corrected chi connectivity index (χ1v) is 12.8. The molecule has 0 aliphatic carbocycles. The number of anilines is 2. The molecule has 1 aliphatic heterocycles. The van der Waals surface area contributed by atoms with E-state index in [1.54, 1.807) is 24.3 Å². The molecule has 12 nitrogen and oxygen atoms in total. The van der Waals surface area contributed by atoms with Crippen molar-refractivity contribution in [1.29, 1.82) is 0 Å². The topological polar surface area (TPSA) is 157 Å². The summed E-state index contributed by atoms with van der Waals surface area (Å²) in [5, 5.41) is 10.6. The average Bonchev–Trinajstić information content (AvgIpc) is 2.94. The maximum Gasteiger partial charge on any atom is 0.254 e. The summed E-state index contributed by atoms with van der Waals surface area (Å²) in [4.78, 5) is 80.8. The summed E-state index contributed by atoms with van der Waals surface area (Å²) in [6, 6.07) is 8.55. The molecule has 212 valence electrons. The quantitative estimate of drug-likeness (QED) is 0.386. The number of carbonyl (C=O) groups excluding carboxylic acids is 6. The van der Waals surface area contributed by atoms with Crippen molar-refractivity contribution in [2.75, 3.05) is 24.7 Å². The fraction of sp³-hybridized carbons (Fsp3) is 0.357. The monoisotopic (exact) mass is 550 g/mol. The molecule has 0 aromatic heterocycles. The first kappa shape index (κ1) is 29.8. The molecule has 0 saturated carbocycles. The normalized spacial score (nSPS) is 23.8. The average molecular weight is 551 g/mol. The zero-order chi connectivity index (χ0) is 29.7. The molecule has 2 aromatic carbocycles. The standard InChI is InChI=1S/C28H34N6O6/c1-15-27(39)33(5)17(3)23(35)32-22-14-10-8-12-20(22)26(38)30-16(2)28(40)34(6)18(4)24(36)31-21-13-9-7-11-19(21)25(37)29-15/h7-18H,1-6H3,(H,29,37)(H,30,38)(H,31,36)(H,32,35)/t15-,16-,17-,18-/m0/s1. The van der Waals surface area contributed by atoms with Crippen molar-refractivity contribution in [3.63, 3.8) is 0 Å². The second-order valence-electron chi connectivity index (χ2n) is 9.71. The van der Waals surface area contributed by atoms with Crippen LogP contribution in [0.25, 0.3) is 0 Å². The molecule has 0 radical (unpaired) electrons. The Morgan fingerprint density at radius 2 is 0.875 bits per heavy atom. The van der Waals surface area contributed by atoms with Gasteiger partial charge in [-0.15, -0.1) is 0 Å². The van der Waals surface area contributed by atoms with Crippen molar-refractivity contribution in [2.45, 2.75) is 51.9 Å². The number of nitrogens with zero attached hydrogens (tertiary/aromatic N) is 2. The second kappa shape index (κ2) is 12.4. The SMILES string of the molecule is C[C@@H]1NC(=O)c2ccccc2NC(=O)[C@H](C)N(C)C(=O)[C@H](C)NC(=O)c2ccccc2NC(=O)[C@H](C)N(C)C1=O. The summed E-state index contributed by atoms with van der Waals surface area (Å²) >= 11 is 0. The van der Waals surface area contributed by atoms with Crippen LogP contribution in [0.5, 0.6) is 0 Å². The summed E-state index contributed by atoms with van der Waals surface area (Å²) in [6.07, 6.45) is 0. The minimum Gasteiger partial charge on any atom is -0.340 e. The highest BCUT2D eigenvalue weighted by atomic mass is 16.2. The van der Waals surface area contributed by atoms with Gasteiger partial charge in [0.2, 0.25) is 23.6 Å². The van der Waals surface area contributed by atoms with E-state index < -0.39 is 59.6 Å². The van der Waals surface area contributed by atoms with Crippen LogP contribution in [-0.4, -0.2) is 83.5 Å². The van der Waals surface area contributed by atoms with E-state index in [2.05, 4.69) is 21.3 Å². The van der Waals surface area contributed by atoms with Gasteiger partial charge in [-0.3, -0.25) is 28.8 Å². The van der Waals surface area contributed by atoms with E-state index in [9.17, 15) is 28.8 Å². The van der Waals surface area contributed by atoms with Crippen molar-refractivity contribution >= 4 is 46.8 Å². The van der Waals surface area contributed by atoms with Gasteiger partial charge in [0.15, 0.2) is 0 Å². The largest absolute Gasteiger partial charge is 0.340 e. The fourth-order valence-electron chi connectivity index (χ4n) is 4.07. The van der Waals surface area contributed by atoms with E-state index in [-0.39, 0.29) is 22.5 Å². The number of hydrogen-bond donors (Lipinski definition) is 4. The Kier molecular flexibility index (Phi) is 9.25. The Bertz CT molecular complexity index is 1240. The molecule has 0 saturated heterocycles. The number of benzene rings is 2. The third-order valence-corrected chi connectivity index (χ3v) is 6.91. The number of nitrogens with one attached hydrogen (secondary N) is 4. The highest BCUT2D eigenvalue weighted by molar-refractivity contribution is 6.08. The van der Waals surface area contributed by atoms with Gasteiger partial charge < -0.3 is 31.1 Å². The number of carbonyl (C=O) groups is 6. The molecule has 4 N–H and O–H groups in total. The van der Waals surface area contributed by atoms with E-state index in [4.69, 9.17) is 0 Å². The smallest absolute Gasteiger partial charge is 0.254 e. The lowest BCUT2D eigenvalue weighted by molar-refractivity contribution is -0.137. The molecular formula is C28H34N6O6. The molecule has 0 fully saturated rings. The molecule has 1 aliphatic rings. The van der Waals surface area contributed by atoms with Crippen molar-refractivity contribution in [3.05, 3.63) is 59.7 Å². The molecule has 2 aromatic rings. The van der Waals surface area contributed by atoms with Crippen LogP contribution in [0.15, 0.2) is 48.5 Å². The molecule has 1 heterocycles. The van der Waals surface area contributed by atoms with Crippen molar-refractivity contribution < 1.29 is 28.8 Å². The third kappa shape index (κ3) is 6.45. The summed E-state index contributed by atoms with van der Waals surface area (Å²) in [6.45, 7) is 5.99. The summed E-state index contributed by atoms with van der Waals surface area (Å²) in [5.41, 5.74) is 0.588. The van der Waals surface area contributed by atoms with Crippen molar-refractivity contribution in [3.8, 4) is 0 Å². The first-order chi connectivity index (χ1) is 18.8. The number of para-hydroxylation sites is 2. The van der Waals surface area contributed by atoms with Crippen LogP contribution in [0.4, 0.5) is 11.4 Å². The Morgan fingerprint density at radius 3 is 1.23 bits per heavy atom. The number of hydrogen-bond acceptors (Lipinski definition) is 6. The van der Waals surface area contributed by atoms with Crippen LogP contribution in [0.3, 0.4) is 0 Å². The van der Waals surface area contributed by atoms with Gasteiger partial charge in [-0.1, -0.05) is 24.3 Å². The Labute approximate surface area is 232 Å². The highest BCUT2D eigenvalue weighted by Crippen LogP contribution is 2.19. The van der Waals surface area contributed by atoms with E-state index >= 15 is 0 Å². The van der Waals surface area contributed by atoms with Gasteiger partial charge in [-0.2, -0.15) is 0 Å². The van der Waals surface area contributed by atoms with Crippen LogP contribution >= 0.6 is 0 Å². The maximum atomic E-state index is 13.1. The van der Waals surface area contributed by atoms with Gasteiger partial charge in [-0.25, -0.2) is 0 Å². The fourth-order valence-corrected chi connectivity index (χ4v) is 4.07. The number of amides is 6. The van der Waals surface area contributed by atoms with Gasteiger partial charge in [0.05, 0.1) is 22.5 Å². The number of likely N-dealkylation sites (N-methyl/N-ethyl adjacent to an activating group) is 2. The predicted octanol–water partition coefficient (Wildman–Crippen LogP) is 1.21. The van der Waals surface area contributed by atoms with Crippen LogP contribution in [0, 0.1) is 0 Å². The lowest BCUT2D eigenvalue weighted by Crippen LogP contribution is -2.52. The second-order valence-corrected chi connectivity index (χ2v) is 9.71. The zero-order valence-corrected chi connectivity index (χ0v) is 23.3. The molecule has 4 atom stereocenters. The number of rotatable bonds is 0. The third-order valence-electron chi connectivity index (χ3n) is 6.91. The lowest BCUT2D eigenvalue weighted by Gasteiger charge is -2.29. The number of fused-ring (bicyclic) bond motifs is 2. The molecule has 3 rings (SSSR count). The summed E-state index contributed by atoms with van der Waals surface area (Å²) in [7, 11) is 2.86. The molecule has 40 heavy (non-hydrogen) atoms. The van der Waals surface area contributed by atoms with Crippen molar-refractivity contribution in [2.24, 2.45) is 0 Å². The van der Waals surface area contributed by atoms with Gasteiger partial charge >= 0.3 is 0 Å². The summed E-state index contributed by atoms with van der Waals surface area (Å²) in [5.74, 6) is -3.40. The Balaban J connectivity index is 2.00. The van der Waals surface area contributed by atoms with Gasteiger partial charge in [-0.05, 0) is 52.0 Å². The van der Waals surface area contributed by atoms with Crippen LogP contribution in [0.2, 0.25) is 0 Å². The van der Waals surface area contributed by atoms with Gasteiger partial charge in [0, 0.05) is 14.1 Å². The Hall–Kier alpha value is -4.74. The maximum absolute atomic E-state index is 13.1. The molecule has 12 heteroatoms. The Morgan fingerprint density at radius 1 is 0.550 bits per heavy atom. The molecule has 0 unspecified atom stereocenters. The highest BCUT2D eigenvalue weighted by Gasteiger charge is 2.31. The van der Waals surface area contributed by atoms with Gasteiger partial charge in [0.1, 0.15) is 24.2 Å². The van der Waals surface area contributed by atoms with E-state index in [1.165, 1.54) is 75.9 Å². The lowest BCUT2D eigenvalue weighted by atomic mass is 10.1. The van der Waals surface area contributed by atoms with Crippen molar-refractivity contribution in [1.82, 2.24) is 20.4 Å². The molecule has 0 bridgehead atoms. The van der Waals surface area contributed by atoms with Gasteiger partial charge in [0.25, 0.3) is 11.8 Å². The van der Waals surface area contributed by atoms with Crippen LogP contribution in [0.1, 0.15) is 48.4 Å². The zero-order valence-electron chi connectivity index (χ0n) is 23.3. The van der Waals surface area contributed by atoms with E-state index in [0.29, 0.717) is 0 Å². The molecule has 0 spiro atoms. The predicted molar refractivity (Wildman–Crippen MR) is 148 cm³/mol. The van der Waals surface area contributed by atoms with E-state index in [0.717, 1.165) is 0 Å². The molecular weight excluding hydrogens is 516 g/mol. The molecule has 6 amide bonds.